The first-order valence-corrected chi connectivity index (χ1v) is 9.45. The number of ether oxygens (including phenoxy) is 1. The number of benzene rings is 2. The van der Waals surface area contributed by atoms with Gasteiger partial charge in [-0.05, 0) is 62.1 Å². The van der Waals surface area contributed by atoms with E-state index in [-0.39, 0.29) is 5.91 Å². The first-order valence-electron chi connectivity index (χ1n) is 9.45. The molecule has 0 spiro atoms. The number of amides is 1. The molecule has 1 amide bonds. The van der Waals surface area contributed by atoms with Crippen LogP contribution in [0.3, 0.4) is 0 Å². The van der Waals surface area contributed by atoms with E-state index in [0.29, 0.717) is 12.0 Å². The molecule has 1 atom stereocenters. The van der Waals surface area contributed by atoms with Gasteiger partial charge in [0.05, 0.1) is 5.56 Å². The number of anilines is 2. The van der Waals surface area contributed by atoms with Crippen molar-refractivity contribution in [3.8, 4) is 0 Å². The highest BCUT2D eigenvalue weighted by molar-refractivity contribution is 6.02. The third kappa shape index (κ3) is 3.29. The van der Waals surface area contributed by atoms with E-state index in [2.05, 4.69) is 16.3 Å². The second-order valence-electron chi connectivity index (χ2n) is 7.60. The smallest absolute Gasteiger partial charge is 0.339 e. The van der Waals surface area contributed by atoms with E-state index >= 15 is 0 Å². The Morgan fingerprint density at radius 3 is 2.63 bits per heavy atom. The lowest BCUT2D eigenvalue weighted by Gasteiger charge is -2.33. The number of rotatable bonds is 3. The van der Waals surface area contributed by atoms with Crippen LogP contribution in [0.15, 0.2) is 42.5 Å². The number of esters is 1. The van der Waals surface area contributed by atoms with E-state index in [9.17, 15) is 9.59 Å². The summed E-state index contributed by atoms with van der Waals surface area (Å²) in [5, 5.41) is 2.95. The molecule has 1 fully saturated rings. The van der Waals surface area contributed by atoms with Gasteiger partial charge < -0.3 is 15.0 Å². The van der Waals surface area contributed by atoms with Gasteiger partial charge in [0.15, 0.2) is 5.60 Å². The molecule has 0 radical (unpaired) electrons. The topological polar surface area (TPSA) is 58.6 Å². The summed E-state index contributed by atoms with van der Waals surface area (Å²) in [6.07, 6.45) is 2.82. The fourth-order valence-electron chi connectivity index (χ4n) is 3.87. The zero-order valence-corrected chi connectivity index (χ0v) is 15.7. The molecular weight excluding hydrogens is 340 g/mol. The van der Waals surface area contributed by atoms with E-state index < -0.39 is 11.6 Å². The molecule has 27 heavy (non-hydrogen) atoms. The molecule has 5 heteroatoms. The minimum Gasteiger partial charge on any atom is -0.445 e. The van der Waals surface area contributed by atoms with Crippen molar-refractivity contribution < 1.29 is 14.3 Å². The van der Waals surface area contributed by atoms with Gasteiger partial charge in [0.25, 0.3) is 5.91 Å². The van der Waals surface area contributed by atoms with Crippen LogP contribution in [0.25, 0.3) is 0 Å². The number of carbonyl (C=O) groups is 2. The summed E-state index contributed by atoms with van der Waals surface area (Å²) in [5.74, 6) is -0.752. The molecule has 0 bridgehead atoms. The first-order chi connectivity index (χ1) is 13.0. The lowest BCUT2D eigenvalue weighted by molar-refractivity contribution is -0.134. The van der Waals surface area contributed by atoms with Gasteiger partial charge in [0.1, 0.15) is 0 Å². The van der Waals surface area contributed by atoms with Crippen molar-refractivity contribution in [2.45, 2.75) is 38.7 Å². The average molecular weight is 364 g/mol. The Kier molecular flexibility index (Phi) is 4.38. The Hall–Kier alpha value is -2.82. The molecular formula is C22H24N2O3. The highest BCUT2D eigenvalue weighted by Gasteiger charge is 2.42. The Morgan fingerprint density at radius 2 is 1.89 bits per heavy atom. The summed E-state index contributed by atoms with van der Waals surface area (Å²) >= 11 is 0. The van der Waals surface area contributed by atoms with Crippen molar-refractivity contribution in [2.75, 3.05) is 23.3 Å². The zero-order chi connectivity index (χ0) is 19.0. The standard InChI is InChI=1S/C22H24N2O3/c1-15-13-17(24-11-5-6-12-24)9-10-19(15)23-21(26)22(2)14-16-7-3-4-8-18(16)20(25)27-22/h3-4,7-10,13H,5-6,11-12,14H2,1-2H3,(H,23,26). The summed E-state index contributed by atoms with van der Waals surface area (Å²) in [4.78, 5) is 27.6. The van der Waals surface area contributed by atoms with Crippen LogP contribution in [-0.2, 0) is 16.0 Å². The summed E-state index contributed by atoms with van der Waals surface area (Å²) < 4.78 is 5.52. The third-order valence-corrected chi connectivity index (χ3v) is 5.49. The quantitative estimate of drug-likeness (QED) is 0.844. The Bertz CT molecular complexity index is 902. The van der Waals surface area contributed by atoms with Gasteiger partial charge >= 0.3 is 5.97 Å². The number of hydrogen-bond donors (Lipinski definition) is 1. The van der Waals surface area contributed by atoms with E-state index in [1.807, 2.05) is 31.2 Å². The number of cyclic esters (lactones) is 1. The lowest BCUT2D eigenvalue weighted by Crippen LogP contribution is -2.49. The second-order valence-corrected chi connectivity index (χ2v) is 7.60. The molecule has 140 valence electrons. The van der Waals surface area contributed by atoms with Crippen LogP contribution in [0.2, 0.25) is 0 Å². The predicted molar refractivity (Wildman–Crippen MR) is 105 cm³/mol. The highest BCUT2D eigenvalue weighted by Crippen LogP contribution is 2.31. The van der Waals surface area contributed by atoms with Gasteiger partial charge in [-0.15, -0.1) is 0 Å². The van der Waals surface area contributed by atoms with Crippen molar-refractivity contribution in [1.82, 2.24) is 0 Å². The van der Waals surface area contributed by atoms with Crippen LogP contribution >= 0.6 is 0 Å². The normalized spacial score (nSPS) is 21.6. The maximum atomic E-state index is 12.9. The monoisotopic (exact) mass is 364 g/mol. The molecule has 5 nitrogen and oxygen atoms in total. The van der Waals surface area contributed by atoms with Crippen LogP contribution in [0.4, 0.5) is 11.4 Å². The number of nitrogens with one attached hydrogen (secondary N) is 1. The maximum Gasteiger partial charge on any atom is 0.339 e. The zero-order valence-electron chi connectivity index (χ0n) is 15.7. The molecule has 1 saturated heterocycles. The largest absolute Gasteiger partial charge is 0.445 e. The minimum absolute atomic E-state index is 0.303. The molecule has 2 aromatic carbocycles. The van der Waals surface area contributed by atoms with Crippen molar-refractivity contribution in [2.24, 2.45) is 0 Å². The SMILES string of the molecule is Cc1cc(N2CCCC2)ccc1NC(=O)C1(C)Cc2ccccc2C(=O)O1. The summed E-state index contributed by atoms with van der Waals surface area (Å²) in [7, 11) is 0. The van der Waals surface area contributed by atoms with Crippen LogP contribution in [0.5, 0.6) is 0 Å². The first kappa shape index (κ1) is 17.6. The molecule has 2 aliphatic heterocycles. The number of aryl methyl sites for hydroxylation is 1. The Balaban J connectivity index is 1.53. The molecule has 4 rings (SSSR count). The van der Waals surface area contributed by atoms with E-state index in [0.717, 1.165) is 29.9 Å². The van der Waals surface area contributed by atoms with Gasteiger partial charge in [-0.1, -0.05) is 18.2 Å². The molecule has 2 heterocycles. The molecule has 2 aliphatic rings. The summed E-state index contributed by atoms with van der Waals surface area (Å²) in [6.45, 7) is 5.82. The van der Waals surface area contributed by atoms with Gasteiger partial charge in [-0.25, -0.2) is 4.79 Å². The third-order valence-electron chi connectivity index (χ3n) is 5.49. The van der Waals surface area contributed by atoms with Crippen LogP contribution in [0.1, 0.15) is 41.3 Å². The average Bonchev–Trinajstić information content (AvgIpc) is 3.18. The van der Waals surface area contributed by atoms with Gasteiger partial charge in [0.2, 0.25) is 0 Å². The summed E-state index contributed by atoms with van der Waals surface area (Å²) in [5.41, 5.74) is 3.09. The molecule has 0 aromatic heterocycles. The number of nitrogens with zero attached hydrogens (tertiary/aromatic N) is 1. The lowest BCUT2D eigenvalue weighted by atomic mass is 9.89. The predicted octanol–water partition coefficient (Wildman–Crippen LogP) is 3.71. The van der Waals surface area contributed by atoms with Crippen molar-refractivity contribution >= 4 is 23.3 Å². The van der Waals surface area contributed by atoms with E-state index in [1.165, 1.54) is 18.5 Å². The fourth-order valence-corrected chi connectivity index (χ4v) is 3.87. The fraction of sp³-hybridized carbons (Fsp3) is 0.364. The number of hydrogen-bond acceptors (Lipinski definition) is 4. The van der Waals surface area contributed by atoms with Crippen LogP contribution in [-0.4, -0.2) is 30.6 Å². The maximum absolute atomic E-state index is 12.9. The molecule has 0 saturated carbocycles. The highest BCUT2D eigenvalue weighted by atomic mass is 16.6. The second kappa shape index (κ2) is 6.72. The van der Waals surface area contributed by atoms with Crippen LogP contribution in [0, 0.1) is 6.92 Å². The van der Waals surface area contributed by atoms with Crippen LogP contribution < -0.4 is 10.2 Å². The van der Waals surface area contributed by atoms with Crippen molar-refractivity contribution in [1.29, 1.82) is 0 Å². The van der Waals surface area contributed by atoms with Gasteiger partial charge in [-0.3, -0.25) is 4.79 Å². The molecule has 0 aliphatic carbocycles. The number of carbonyl (C=O) groups excluding carboxylic acids is 2. The van der Waals surface area contributed by atoms with Gasteiger partial charge in [0, 0.05) is 30.9 Å². The van der Waals surface area contributed by atoms with Crippen molar-refractivity contribution in [3.05, 3.63) is 59.2 Å². The molecule has 1 unspecified atom stereocenters. The van der Waals surface area contributed by atoms with E-state index in [1.54, 1.807) is 19.1 Å². The molecule has 1 N–H and O–H groups in total. The number of fused-ring (bicyclic) bond motifs is 1. The molecule has 2 aromatic rings. The Morgan fingerprint density at radius 1 is 1.15 bits per heavy atom. The van der Waals surface area contributed by atoms with Crippen molar-refractivity contribution in [3.63, 3.8) is 0 Å². The minimum atomic E-state index is -1.22. The van der Waals surface area contributed by atoms with E-state index in [4.69, 9.17) is 4.74 Å². The Labute approximate surface area is 159 Å². The summed E-state index contributed by atoms with van der Waals surface area (Å²) in [6, 6.07) is 13.4. The van der Waals surface area contributed by atoms with Gasteiger partial charge in [-0.2, -0.15) is 0 Å².